The summed E-state index contributed by atoms with van der Waals surface area (Å²) in [5.74, 6) is -0.421. The molecule has 0 aliphatic carbocycles. The topological polar surface area (TPSA) is 72.7 Å². The number of rotatable bonds is 3. The Labute approximate surface area is 111 Å². The lowest BCUT2D eigenvalue weighted by atomic mass is 10.1. The maximum atomic E-state index is 11.9. The van der Waals surface area contributed by atoms with Crippen molar-refractivity contribution in [3.05, 3.63) is 39.9 Å². The molecule has 0 spiro atoms. The number of nitro benzene ring substituents is 1. The van der Waals surface area contributed by atoms with E-state index in [1.165, 1.54) is 24.3 Å². The first kappa shape index (κ1) is 13.5. The van der Waals surface area contributed by atoms with E-state index in [0.29, 0.717) is 5.56 Å². The van der Waals surface area contributed by atoms with Crippen molar-refractivity contribution >= 4 is 11.7 Å². The normalized spacial score (nSPS) is 19.9. The zero-order valence-electron chi connectivity index (χ0n) is 10.7. The van der Waals surface area contributed by atoms with Gasteiger partial charge in [-0.3, -0.25) is 10.1 Å². The van der Waals surface area contributed by atoms with Crippen LogP contribution < -0.4 is 0 Å². The third-order valence-electron chi connectivity index (χ3n) is 3.17. The summed E-state index contributed by atoms with van der Waals surface area (Å²) in [6.07, 6.45) is 1.78. The highest BCUT2D eigenvalue weighted by Gasteiger charge is 2.21. The number of piperidine rings is 1. The van der Waals surface area contributed by atoms with E-state index in [4.69, 9.17) is 4.74 Å². The molecule has 1 atom stereocenters. The minimum atomic E-state index is -0.495. The van der Waals surface area contributed by atoms with Crippen molar-refractivity contribution in [2.75, 3.05) is 20.1 Å². The lowest BCUT2D eigenvalue weighted by Crippen LogP contribution is -2.38. The van der Waals surface area contributed by atoms with Crippen LogP contribution in [0.1, 0.15) is 23.2 Å². The number of hydrogen-bond donors (Lipinski definition) is 0. The van der Waals surface area contributed by atoms with E-state index in [9.17, 15) is 14.9 Å². The summed E-state index contributed by atoms with van der Waals surface area (Å²) in [5.41, 5.74) is 0.313. The van der Waals surface area contributed by atoms with Crippen LogP contribution in [0.4, 0.5) is 5.69 Å². The van der Waals surface area contributed by atoms with Crippen molar-refractivity contribution < 1.29 is 14.5 Å². The monoisotopic (exact) mass is 264 g/mol. The van der Waals surface area contributed by atoms with Crippen LogP contribution in [0, 0.1) is 10.1 Å². The van der Waals surface area contributed by atoms with Crippen LogP contribution in [0.25, 0.3) is 0 Å². The van der Waals surface area contributed by atoms with Crippen LogP contribution in [0.2, 0.25) is 0 Å². The van der Waals surface area contributed by atoms with Gasteiger partial charge in [0.15, 0.2) is 0 Å². The first-order valence-corrected chi connectivity index (χ1v) is 6.20. The summed E-state index contributed by atoms with van der Waals surface area (Å²) >= 11 is 0. The molecule has 0 amide bonds. The summed E-state index contributed by atoms with van der Waals surface area (Å²) < 4.78 is 5.40. The van der Waals surface area contributed by atoms with E-state index in [0.717, 1.165) is 25.9 Å². The molecule has 102 valence electrons. The quantitative estimate of drug-likeness (QED) is 0.473. The van der Waals surface area contributed by atoms with Gasteiger partial charge in [-0.1, -0.05) is 0 Å². The maximum Gasteiger partial charge on any atom is 0.338 e. The Balaban J connectivity index is 1.97. The molecule has 0 saturated carbocycles. The van der Waals surface area contributed by atoms with Gasteiger partial charge in [-0.25, -0.2) is 4.79 Å². The molecule has 0 radical (unpaired) electrons. The van der Waals surface area contributed by atoms with Crippen molar-refractivity contribution in [3.8, 4) is 0 Å². The average molecular weight is 264 g/mol. The second-order valence-corrected chi connectivity index (χ2v) is 4.74. The van der Waals surface area contributed by atoms with Crippen molar-refractivity contribution in [3.63, 3.8) is 0 Å². The van der Waals surface area contributed by atoms with Crippen molar-refractivity contribution in [1.82, 2.24) is 4.90 Å². The number of non-ortho nitro benzene ring substituents is 1. The SMILES string of the molecule is CN1CCCC(OC(=O)c2ccc([N+](=O)[O-])cc2)C1. The van der Waals surface area contributed by atoms with Crippen LogP contribution in [-0.2, 0) is 4.74 Å². The average Bonchev–Trinajstić information content (AvgIpc) is 2.39. The Bertz CT molecular complexity index is 472. The fourth-order valence-electron chi connectivity index (χ4n) is 2.15. The molecule has 1 fully saturated rings. The van der Waals surface area contributed by atoms with Crippen LogP contribution in [0.5, 0.6) is 0 Å². The number of benzene rings is 1. The second-order valence-electron chi connectivity index (χ2n) is 4.74. The molecule has 1 aromatic carbocycles. The van der Waals surface area contributed by atoms with E-state index in [1.807, 2.05) is 7.05 Å². The molecule has 1 aliphatic rings. The molecule has 1 unspecified atom stereocenters. The highest BCUT2D eigenvalue weighted by Crippen LogP contribution is 2.16. The number of ether oxygens (including phenoxy) is 1. The molecule has 0 bridgehead atoms. The molecule has 1 saturated heterocycles. The summed E-state index contributed by atoms with van der Waals surface area (Å²) in [4.78, 5) is 24.0. The minimum Gasteiger partial charge on any atom is -0.457 e. The van der Waals surface area contributed by atoms with E-state index in [2.05, 4.69) is 4.90 Å². The number of carbonyl (C=O) groups excluding carboxylic acids is 1. The van der Waals surface area contributed by atoms with Crippen LogP contribution in [-0.4, -0.2) is 42.0 Å². The molecule has 2 rings (SSSR count). The van der Waals surface area contributed by atoms with Gasteiger partial charge in [0.1, 0.15) is 6.10 Å². The van der Waals surface area contributed by atoms with Gasteiger partial charge < -0.3 is 9.64 Å². The number of nitro groups is 1. The van der Waals surface area contributed by atoms with Crippen molar-refractivity contribution in [1.29, 1.82) is 0 Å². The van der Waals surface area contributed by atoms with Crippen molar-refractivity contribution in [2.24, 2.45) is 0 Å². The van der Waals surface area contributed by atoms with Crippen LogP contribution in [0.15, 0.2) is 24.3 Å². The van der Waals surface area contributed by atoms with Gasteiger partial charge >= 0.3 is 5.97 Å². The van der Waals surface area contributed by atoms with Gasteiger partial charge in [-0.15, -0.1) is 0 Å². The highest BCUT2D eigenvalue weighted by atomic mass is 16.6. The molecule has 6 nitrogen and oxygen atoms in total. The number of likely N-dealkylation sites (tertiary alicyclic amines) is 1. The van der Waals surface area contributed by atoms with Gasteiger partial charge in [-0.05, 0) is 38.6 Å². The fourth-order valence-corrected chi connectivity index (χ4v) is 2.15. The number of likely N-dealkylation sites (N-methyl/N-ethyl adjacent to an activating group) is 1. The molecular formula is C13H16N2O4. The van der Waals surface area contributed by atoms with Gasteiger partial charge in [0.25, 0.3) is 5.69 Å². The minimum absolute atomic E-state index is 0.0334. The predicted molar refractivity (Wildman–Crippen MR) is 69.0 cm³/mol. The zero-order valence-corrected chi connectivity index (χ0v) is 10.7. The van der Waals surface area contributed by atoms with Gasteiger partial charge in [0.2, 0.25) is 0 Å². The van der Waals surface area contributed by atoms with E-state index >= 15 is 0 Å². The Morgan fingerprint density at radius 2 is 2.11 bits per heavy atom. The summed E-state index contributed by atoms with van der Waals surface area (Å²) in [6.45, 7) is 1.75. The zero-order chi connectivity index (χ0) is 13.8. The molecule has 0 N–H and O–H groups in total. The van der Waals surface area contributed by atoms with Crippen molar-refractivity contribution in [2.45, 2.75) is 18.9 Å². The van der Waals surface area contributed by atoms with Gasteiger partial charge in [-0.2, -0.15) is 0 Å². The molecule has 0 aromatic heterocycles. The fraction of sp³-hybridized carbons (Fsp3) is 0.462. The predicted octanol–water partition coefficient (Wildman–Crippen LogP) is 1.85. The smallest absolute Gasteiger partial charge is 0.338 e. The molecule has 6 heteroatoms. The molecule has 1 aliphatic heterocycles. The Hall–Kier alpha value is -1.95. The number of carbonyl (C=O) groups is 1. The number of hydrogen-bond acceptors (Lipinski definition) is 5. The lowest BCUT2D eigenvalue weighted by molar-refractivity contribution is -0.384. The van der Waals surface area contributed by atoms with E-state index in [1.54, 1.807) is 0 Å². The molecule has 1 aromatic rings. The second kappa shape index (κ2) is 5.79. The van der Waals surface area contributed by atoms with Gasteiger partial charge in [0.05, 0.1) is 10.5 Å². The standard InChI is InChI=1S/C13H16N2O4/c1-14-8-2-3-12(9-14)19-13(16)10-4-6-11(7-5-10)15(17)18/h4-7,12H,2-3,8-9H2,1H3. The van der Waals surface area contributed by atoms with Gasteiger partial charge in [0, 0.05) is 18.7 Å². The number of esters is 1. The molecular weight excluding hydrogens is 248 g/mol. The third kappa shape index (κ3) is 3.51. The number of nitrogens with zero attached hydrogens (tertiary/aromatic N) is 2. The highest BCUT2D eigenvalue weighted by molar-refractivity contribution is 5.89. The lowest BCUT2D eigenvalue weighted by Gasteiger charge is -2.29. The first-order chi connectivity index (χ1) is 9.06. The maximum absolute atomic E-state index is 11.9. The third-order valence-corrected chi connectivity index (χ3v) is 3.17. The van der Waals surface area contributed by atoms with Crippen LogP contribution >= 0.6 is 0 Å². The summed E-state index contributed by atoms with van der Waals surface area (Å²) in [6, 6.07) is 5.47. The largest absolute Gasteiger partial charge is 0.457 e. The summed E-state index contributed by atoms with van der Waals surface area (Å²) in [7, 11) is 1.99. The first-order valence-electron chi connectivity index (χ1n) is 6.20. The molecule has 1 heterocycles. The van der Waals surface area contributed by atoms with Crippen LogP contribution in [0.3, 0.4) is 0 Å². The Morgan fingerprint density at radius 3 is 2.68 bits per heavy atom. The molecule has 19 heavy (non-hydrogen) atoms. The Morgan fingerprint density at radius 1 is 1.42 bits per heavy atom. The summed E-state index contributed by atoms with van der Waals surface area (Å²) in [5, 5.41) is 10.5. The Kier molecular flexibility index (Phi) is 4.11. The van der Waals surface area contributed by atoms with E-state index in [-0.39, 0.29) is 11.8 Å². The van der Waals surface area contributed by atoms with E-state index < -0.39 is 10.9 Å².